The summed E-state index contributed by atoms with van der Waals surface area (Å²) in [7, 11) is 2.14. The number of esters is 2. The Kier molecular flexibility index (Phi) is 10.1. The zero-order valence-electron chi connectivity index (χ0n) is 26.2. The molecule has 7 heteroatoms. The van der Waals surface area contributed by atoms with Gasteiger partial charge in [0.2, 0.25) is 0 Å². The molecule has 2 saturated heterocycles. The fourth-order valence-corrected chi connectivity index (χ4v) is 6.64. The number of phenols is 1. The average Bonchev–Trinajstić information content (AvgIpc) is 2.76. The molecule has 1 aromatic carbocycles. The molecule has 0 bridgehead atoms. The number of carbonyl (C=O) groups is 2. The standard InChI is InChI=1S/C18H27NO3.C14H25NO2/c1-6-19-17(2,3)11-13(12-18(19,4)5)22-16(21)14-9-7-8-10-15(14)20;1-10(2)12(16)17-11-8-13(3,4)15(7)14(5,6)9-11/h7-10,13,20H,6,11-12H2,1-5H3;11H,1,8-9H2,2-7H3. The van der Waals surface area contributed by atoms with E-state index in [1.54, 1.807) is 25.1 Å². The van der Waals surface area contributed by atoms with Crippen LogP contribution in [0.4, 0.5) is 0 Å². The van der Waals surface area contributed by atoms with Crippen LogP contribution in [0.3, 0.4) is 0 Å². The predicted molar refractivity (Wildman–Crippen MR) is 157 cm³/mol. The highest BCUT2D eigenvalue weighted by Gasteiger charge is 2.46. The number of rotatable bonds is 5. The lowest BCUT2D eigenvalue weighted by Gasteiger charge is -2.54. The first kappa shape index (κ1) is 32.8. The van der Waals surface area contributed by atoms with E-state index >= 15 is 0 Å². The lowest BCUT2D eigenvalue weighted by atomic mass is 9.78. The van der Waals surface area contributed by atoms with Gasteiger partial charge in [-0.15, -0.1) is 0 Å². The summed E-state index contributed by atoms with van der Waals surface area (Å²) in [4.78, 5) is 28.7. The van der Waals surface area contributed by atoms with Crippen LogP contribution in [-0.4, -0.2) is 74.8 Å². The SMILES string of the molecule is C=C(C)C(=O)OC1CC(C)(C)N(C)C(C)(C)C1.CCN1C(C)(C)CC(OC(=O)c2ccccc2O)CC1(C)C. The highest BCUT2D eigenvalue weighted by atomic mass is 16.5. The molecule has 0 spiro atoms. The van der Waals surface area contributed by atoms with Crippen molar-refractivity contribution in [2.24, 2.45) is 0 Å². The number of hydrogen-bond donors (Lipinski definition) is 1. The van der Waals surface area contributed by atoms with Crippen LogP contribution in [-0.2, 0) is 14.3 Å². The maximum atomic E-state index is 12.3. The van der Waals surface area contributed by atoms with Gasteiger partial charge in [-0.25, -0.2) is 9.59 Å². The molecule has 0 aromatic heterocycles. The Hall–Kier alpha value is -2.38. The molecule has 2 aliphatic rings. The highest BCUT2D eigenvalue weighted by Crippen LogP contribution is 2.40. The molecule has 39 heavy (non-hydrogen) atoms. The average molecular weight is 545 g/mol. The normalized spacial score (nSPS) is 22.7. The van der Waals surface area contributed by atoms with Gasteiger partial charge in [0.1, 0.15) is 23.5 Å². The fraction of sp³-hybridized carbons (Fsp3) is 0.688. The molecular formula is C32H52N2O5. The van der Waals surface area contributed by atoms with Crippen molar-refractivity contribution < 1.29 is 24.2 Å². The summed E-state index contributed by atoms with van der Waals surface area (Å²) >= 11 is 0. The van der Waals surface area contributed by atoms with Gasteiger partial charge < -0.3 is 14.6 Å². The van der Waals surface area contributed by atoms with Crippen molar-refractivity contribution in [3.05, 3.63) is 42.0 Å². The molecule has 0 aliphatic carbocycles. The van der Waals surface area contributed by atoms with Crippen LogP contribution in [0.2, 0.25) is 0 Å². The third-order valence-electron chi connectivity index (χ3n) is 8.52. The Balaban J connectivity index is 0.000000283. The molecule has 0 saturated carbocycles. The van der Waals surface area contributed by atoms with Crippen LogP contribution in [0.25, 0.3) is 0 Å². The minimum Gasteiger partial charge on any atom is -0.507 e. The number of ether oxygens (including phenoxy) is 2. The third-order valence-corrected chi connectivity index (χ3v) is 8.52. The first-order valence-electron chi connectivity index (χ1n) is 14.1. The van der Waals surface area contributed by atoms with Crippen molar-refractivity contribution in [3.8, 4) is 5.75 Å². The zero-order chi connectivity index (χ0) is 30.0. The number of phenolic OH excluding ortho intramolecular Hbond substituents is 1. The van der Waals surface area contributed by atoms with Gasteiger partial charge in [-0.05, 0) is 88.0 Å². The van der Waals surface area contributed by atoms with Crippen LogP contribution >= 0.6 is 0 Å². The summed E-state index contributed by atoms with van der Waals surface area (Å²) in [5.41, 5.74) is 0.736. The van der Waals surface area contributed by atoms with E-state index in [0.717, 1.165) is 32.2 Å². The molecule has 1 aromatic rings. The lowest BCUT2D eigenvalue weighted by Crippen LogP contribution is -2.62. The Labute approximate surface area is 236 Å². The summed E-state index contributed by atoms with van der Waals surface area (Å²) in [6.45, 7) is 26.0. The molecule has 7 nitrogen and oxygen atoms in total. The quantitative estimate of drug-likeness (QED) is 0.342. The first-order chi connectivity index (χ1) is 17.7. The van der Waals surface area contributed by atoms with Gasteiger partial charge in [-0.2, -0.15) is 0 Å². The van der Waals surface area contributed by atoms with Gasteiger partial charge in [0, 0.05) is 53.4 Å². The van der Waals surface area contributed by atoms with E-state index < -0.39 is 5.97 Å². The van der Waals surface area contributed by atoms with Crippen LogP contribution in [0, 0.1) is 0 Å². The lowest BCUT2D eigenvalue weighted by molar-refractivity contribution is -0.154. The van der Waals surface area contributed by atoms with Crippen LogP contribution in [0.5, 0.6) is 5.75 Å². The van der Waals surface area contributed by atoms with E-state index in [2.05, 4.69) is 85.7 Å². The topological polar surface area (TPSA) is 79.3 Å². The number of para-hydroxylation sites is 1. The smallest absolute Gasteiger partial charge is 0.342 e. The second kappa shape index (κ2) is 12.0. The molecular weight excluding hydrogens is 492 g/mol. The fourth-order valence-electron chi connectivity index (χ4n) is 6.64. The summed E-state index contributed by atoms with van der Waals surface area (Å²) in [5.74, 6) is -0.747. The number of aromatic hydroxyl groups is 1. The Morgan fingerprint density at radius 1 is 0.872 bits per heavy atom. The van der Waals surface area contributed by atoms with Crippen LogP contribution in [0.15, 0.2) is 36.4 Å². The Bertz CT molecular complexity index is 1010. The maximum Gasteiger partial charge on any atom is 0.342 e. The second-order valence-corrected chi connectivity index (χ2v) is 13.7. The molecule has 220 valence electrons. The van der Waals surface area contributed by atoms with Crippen molar-refractivity contribution >= 4 is 11.9 Å². The predicted octanol–water partition coefficient (Wildman–Crippen LogP) is 6.35. The highest BCUT2D eigenvalue weighted by molar-refractivity contribution is 5.92. The van der Waals surface area contributed by atoms with Gasteiger partial charge in [0.25, 0.3) is 0 Å². The van der Waals surface area contributed by atoms with E-state index in [-0.39, 0.29) is 51.6 Å². The van der Waals surface area contributed by atoms with Crippen LogP contribution < -0.4 is 0 Å². The largest absolute Gasteiger partial charge is 0.507 e. The van der Waals surface area contributed by atoms with E-state index in [9.17, 15) is 14.7 Å². The summed E-state index contributed by atoms with van der Waals surface area (Å²) in [5, 5.41) is 9.79. The first-order valence-corrected chi connectivity index (χ1v) is 14.1. The number of benzene rings is 1. The van der Waals surface area contributed by atoms with Crippen molar-refractivity contribution in [1.29, 1.82) is 0 Å². The van der Waals surface area contributed by atoms with E-state index in [1.165, 1.54) is 6.07 Å². The van der Waals surface area contributed by atoms with Gasteiger partial charge in [-0.3, -0.25) is 9.80 Å². The van der Waals surface area contributed by atoms with Crippen molar-refractivity contribution in [3.63, 3.8) is 0 Å². The van der Waals surface area contributed by atoms with Crippen molar-refractivity contribution in [1.82, 2.24) is 9.80 Å². The van der Waals surface area contributed by atoms with Gasteiger partial charge in [-0.1, -0.05) is 25.6 Å². The number of carbonyl (C=O) groups excluding carboxylic acids is 2. The maximum absolute atomic E-state index is 12.3. The minimum absolute atomic E-state index is 0.0135. The number of nitrogens with zero attached hydrogens (tertiary/aromatic N) is 2. The molecule has 1 N–H and O–H groups in total. The van der Waals surface area contributed by atoms with E-state index in [4.69, 9.17) is 9.47 Å². The minimum atomic E-state index is -0.445. The molecule has 0 amide bonds. The van der Waals surface area contributed by atoms with Gasteiger partial charge in [0.05, 0.1) is 0 Å². The van der Waals surface area contributed by atoms with E-state index in [1.807, 2.05) is 0 Å². The number of likely N-dealkylation sites (tertiary alicyclic amines) is 2. The van der Waals surface area contributed by atoms with E-state index in [0.29, 0.717) is 5.57 Å². The molecule has 2 heterocycles. The summed E-state index contributed by atoms with van der Waals surface area (Å²) in [6, 6.07) is 6.52. The number of hydrogen-bond acceptors (Lipinski definition) is 7. The van der Waals surface area contributed by atoms with Gasteiger partial charge in [0.15, 0.2) is 0 Å². The Morgan fingerprint density at radius 3 is 1.74 bits per heavy atom. The zero-order valence-corrected chi connectivity index (χ0v) is 26.2. The molecule has 0 unspecified atom stereocenters. The number of piperidine rings is 2. The molecule has 0 radical (unpaired) electrons. The third kappa shape index (κ3) is 8.07. The molecule has 2 aliphatic heterocycles. The molecule has 3 rings (SSSR count). The molecule has 0 atom stereocenters. The Morgan fingerprint density at radius 2 is 1.31 bits per heavy atom. The van der Waals surface area contributed by atoms with Crippen LogP contribution in [0.1, 0.15) is 105 Å². The van der Waals surface area contributed by atoms with Gasteiger partial charge >= 0.3 is 11.9 Å². The summed E-state index contributed by atoms with van der Waals surface area (Å²) < 4.78 is 11.2. The second-order valence-electron chi connectivity index (χ2n) is 13.7. The molecule has 2 fully saturated rings. The summed E-state index contributed by atoms with van der Waals surface area (Å²) in [6.07, 6.45) is 3.17. The van der Waals surface area contributed by atoms with Crippen molar-refractivity contribution in [2.75, 3.05) is 13.6 Å². The monoisotopic (exact) mass is 544 g/mol. The van der Waals surface area contributed by atoms with Crippen molar-refractivity contribution in [2.45, 2.75) is 129 Å².